The topological polar surface area (TPSA) is 92.5 Å². The van der Waals surface area contributed by atoms with Gasteiger partial charge >= 0.3 is 0 Å². The van der Waals surface area contributed by atoms with E-state index in [1.807, 2.05) is 0 Å². The zero-order valence-electron chi connectivity index (χ0n) is 11.2. The molecule has 8 heteroatoms. The second kappa shape index (κ2) is 4.91. The number of benzene rings is 1. The first-order valence-corrected chi connectivity index (χ1v) is 7.86. The summed E-state index contributed by atoms with van der Waals surface area (Å²) in [6.07, 6.45) is 0. The Morgan fingerprint density at radius 1 is 1.40 bits per heavy atom. The molecule has 1 aliphatic heterocycles. The van der Waals surface area contributed by atoms with Gasteiger partial charge in [-0.25, -0.2) is 8.42 Å². The van der Waals surface area contributed by atoms with Crippen molar-refractivity contribution in [2.75, 3.05) is 18.8 Å². The number of nitrogens with zero attached hydrogens (tertiary/aromatic N) is 1. The number of carbonyl (C=O) groups is 1. The lowest BCUT2D eigenvalue weighted by Gasteiger charge is -2.40. The Morgan fingerprint density at radius 3 is 2.65 bits per heavy atom. The van der Waals surface area contributed by atoms with Gasteiger partial charge in [-0.15, -0.1) is 0 Å². The molecule has 110 valence electrons. The fraction of sp³-hybridized carbons (Fsp3) is 0.417. The number of sulfonamides is 1. The number of hydrogen-bond acceptors (Lipinski definition) is 4. The molecule has 1 heterocycles. The molecule has 0 aliphatic carbocycles. The zero-order chi connectivity index (χ0) is 15.1. The van der Waals surface area contributed by atoms with Crippen LogP contribution in [-0.2, 0) is 14.8 Å². The molecule has 0 unspecified atom stereocenters. The highest BCUT2D eigenvalue weighted by atomic mass is 35.5. The predicted molar refractivity (Wildman–Crippen MR) is 76.8 cm³/mol. The van der Waals surface area contributed by atoms with Crippen molar-refractivity contribution in [2.45, 2.75) is 24.3 Å². The van der Waals surface area contributed by atoms with Crippen molar-refractivity contribution in [1.82, 2.24) is 9.62 Å². The van der Waals surface area contributed by atoms with Crippen LogP contribution in [0, 0.1) is 0 Å². The molecule has 0 saturated carbocycles. The Bertz CT molecular complexity index is 638. The van der Waals surface area contributed by atoms with Crippen molar-refractivity contribution in [2.24, 2.45) is 0 Å². The standard InChI is InChI=1S/C12H16ClN3O3S/c1-12(2)11(17)15-6-7-16(12)20(18,19)10-8(13)4-3-5-9(10)14/h3-5H,6-7,14H2,1-2H3,(H,15,17). The van der Waals surface area contributed by atoms with E-state index in [-0.39, 0.29) is 34.6 Å². The summed E-state index contributed by atoms with van der Waals surface area (Å²) in [6.45, 7) is 3.52. The Morgan fingerprint density at radius 2 is 2.05 bits per heavy atom. The maximum atomic E-state index is 12.8. The molecule has 20 heavy (non-hydrogen) atoms. The number of carbonyl (C=O) groups excluding carboxylic acids is 1. The lowest BCUT2D eigenvalue weighted by Crippen LogP contribution is -2.63. The third kappa shape index (κ3) is 2.25. The normalized spacial score (nSPS) is 19.6. The molecule has 1 amide bonds. The number of nitrogens with two attached hydrogens (primary N) is 1. The molecule has 0 aromatic heterocycles. The van der Waals surface area contributed by atoms with E-state index in [9.17, 15) is 13.2 Å². The van der Waals surface area contributed by atoms with Crippen LogP contribution in [0.3, 0.4) is 0 Å². The first kappa shape index (κ1) is 15.1. The molecule has 1 saturated heterocycles. The number of nitrogen functional groups attached to an aromatic ring is 1. The third-order valence-electron chi connectivity index (χ3n) is 3.33. The molecule has 1 aliphatic rings. The average Bonchev–Trinajstić information content (AvgIpc) is 2.31. The number of hydrogen-bond donors (Lipinski definition) is 2. The van der Waals surface area contributed by atoms with E-state index >= 15 is 0 Å². The molecule has 0 radical (unpaired) electrons. The lowest BCUT2D eigenvalue weighted by molar-refractivity contribution is -0.131. The van der Waals surface area contributed by atoms with Crippen LogP contribution in [0.4, 0.5) is 5.69 Å². The molecule has 1 fully saturated rings. The summed E-state index contributed by atoms with van der Waals surface area (Å²) in [5.41, 5.74) is 4.62. The minimum atomic E-state index is -3.95. The van der Waals surface area contributed by atoms with Crippen LogP contribution in [-0.4, -0.2) is 37.3 Å². The van der Waals surface area contributed by atoms with E-state index < -0.39 is 15.6 Å². The first-order chi connectivity index (χ1) is 9.19. The summed E-state index contributed by atoms with van der Waals surface area (Å²) in [7, 11) is -3.95. The number of nitrogens with one attached hydrogen (secondary N) is 1. The summed E-state index contributed by atoms with van der Waals surface area (Å²) < 4.78 is 26.7. The second-order valence-electron chi connectivity index (χ2n) is 5.05. The smallest absolute Gasteiger partial charge is 0.247 e. The molecular formula is C12H16ClN3O3S. The van der Waals surface area contributed by atoms with Gasteiger partial charge in [0.2, 0.25) is 15.9 Å². The van der Waals surface area contributed by atoms with E-state index in [4.69, 9.17) is 17.3 Å². The average molecular weight is 318 g/mol. The number of anilines is 1. The van der Waals surface area contributed by atoms with Crippen molar-refractivity contribution < 1.29 is 13.2 Å². The molecule has 2 rings (SSSR count). The van der Waals surface area contributed by atoms with Gasteiger partial charge in [-0.05, 0) is 26.0 Å². The van der Waals surface area contributed by atoms with Crippen LogP contribution >= 0.6 is 11.6 Å². The van der Waals surface area contributed by atoms with Gasteiger partial charge in [-0.1, -0.05) is 17.7 Å². The molecule has 0 bridgehead atoms. The lowest BCUT2D eigenvalue weighted by atomic mass is 10.0. The van der Waals surface area contributed by atoms with Gasteiger partial charge in [-0.2, -0.15) is 4.31 Å². The minimum Gasteiger partial charge on any atom is -0.398 e. The quantitative estimate of drug-likeness (QED) is 0.790. The van der Waals surface area contributed by atoms with Crippen LogP contribution in [0.5, 0.6) is 0 Å². The Kier molecular flexibility index (Phi) is 3.70. The second-order valence-corrected chi connectivity index (χ2v) is 7.26. The third-order valence-corrected chi connectivity index (χ3v) is 5.94. The van der Waals surface area contributed by atoms with Crippen LogP contribution in [0.15, 0.2) is 23.1 Å². The highest BCUT2D eigenvalue weighted by Crippen LogP contribution is 2.33. The van der Waals surface area contributed by atoms with E-state index in [2.05, 4.69) is 5.32 Å². The van der Waals surface area contributed by atoms with Gasteiger partial charge in [-0.3, -0.25) is 4.79 Å². The van der Waals surface area contributed by atoms with Crippen LogP contribution in [0.25, 0.3) is 0 Å². The van der Waals surface area contributed by atoms with Crippen molar-refractivity contribution in [3.8, 4) is 0 Å². The van der Waals surface area contributed by atoms with Crippen molar-refractivity contribution in [1.29, 1.82) is 0 Å². The highest BCUT2D eigenvalue weighted by Gasteiger charge is 2.45. The van der Waals surface area contributed by atoms with E-state index in [0.29, 0.717) is 0 Å². The molecule has 0 spiro atoms. The van der Waals surface area contributed by atoms with Crippen molar-refractivity contribution in [3.05, 3.63) is 23.2 Å². The molecule has 1 aromatic carbocycles. The highest BCUT2D eigenvalue weighted by molar-refractivity contribution is 7.89. The van der Waals surface area contributed by atoms with Gasteiger partial charge in [0.1, 0.15) is 10.4 Å². The number of halogens is 1. The van der Waals surface area contributed by atoms with Gasteiger partial charge in [0.25, 0.3) is 0 Å². The van der Waals surface area contributed by atoms with Crippen LogP contribution < -0.4 is 11.1 Å². The molecule has 1 aromatic rings. The van der Waals surface area contributed by atoms with Crippen molar-refractivity contribution in [3.63, 3.8) is 0 Å². The molecule has 0 atom stereocenters. The molecule has 6 nitrogen and oxygen atoms in total. The zero-order valence-corrected chi connectivity index (χ0v) is 12.8. The first-order valence-electron chi connectivity index (χ1n) is 6.04. The fourth-order valence-electron chi connectivity index (χ4n) is 2.21. The number of amides is 1. The Labute approximate surface area is 122 Å². The fourth-order valence-corrected chi connectivity index (χ4v) is 4.60. The van der Waals surface area contributed by atoms with Gasteiger partial charge in [0.05, 0.1) is 10.7 Å². The summed E-state index contributed by atoms with van der Waals surface area (Å²) in [5, 5.41) is 2.69. The predicted octanol–water partition coefficient (Wildman–Crippen LogP) is 0.821. The molecular weight excluding hydrogens is 302 g/mol. The summed E-state index contributed by atoms with van der Waals surface area (Å²) in [5.74, 6) is -0.349. The Balaban J connectivity index is 2.58. The van der Waals surface area contributed by atoms with E-state index in [1.165, 1.54) is 12.1 Å². The SMILES string of the molecule is CC1(C)C(=O)NCCN1S(=O)(=O)c1c(N)cccc1Cl. The molecule has 3 N–H and O–H groups in total. The number of piperazine rings is 1. The maximum absolute atomic E-state index is 12.8. The monoisotopic (exact) mass is 317 g/mol. The summed E-state index contributed by atoms with van der Waals surface area (Å²) >= 11 is 5.98. The largest absolute Gasteiger partial charge is 0.398 e. The van der Waals surface area contributed by atoms with Crippen molar-refractivity contribution >= 4 is 33.2 Å². The van der Waals surface area contributed by atoms with Gasteiger partial charge in [0, 0.05) is 13.1 Å². The Hall–Kier alpha value is -1.31. The number of rotatable bonds is 2. The van der Waals surface area contributed by atoms with Crippen LogP contribution in [0.1, 0.15) is 13.8 Å². The summed E-state index contributed by atoms with van der Waals surface area (Å²) in [4.78, 5) is 11.7. The van der Waals surface area contributed by atoms with Gasteiger partial charge < -0.3 is 11.1 Å². The van der Waals surface area contributed by atoms with E-state index in [1.54, 1.807) is 19.9 Å². The summed E-state index contributed by atoms with van der Waals surface area (Å²) in [6, 6.07) is 4.50. The van der Waals surface area contributed by atoms with E-state index in [0.717, 1.165) is 4.31 Å². The van der Waals surface area contributed by atoms with Crippen LogP contribution in [0.2, 0.25) is 5.02 Å². The maximum Gasteiger partial charge on any atom is 0.247 e. The van der Waals surface area contributed by atoms with Gasteiger partial charge in [0.15, 0.2) is 0 Å². The minimum absolute atomic E-state index is 0.0479.